The van der Waals surface area contributed by atoms with Crippen molar-refractivity contribution in [3.05, 3.63) is 12.4 Å². The van der Waals surface area contributed by atoms with Gasteiger partial charge in [-0.05, 0) is 38.0 Å². The molecule has 20 heavy (non-hydrogen) atoms. The summed E-state index contributed by atoms with van der Waals surface area (Å²) in [5, 5.41) is 3.36. The van der Waals surface area contributed by atoms with E-state index in [4.69, 9.17) is 0 Å². The van der Waals surface area contributed by atoms with Gasteiger partial charge in [0.1, 0.15) is 18.0 Å². The first-order chi connectivity index (χ1) is 9.88. The molecule has 1 saturated heterocycles. The van der Waals surface area contributed by atoms with Gasteiger partial charge in [-0.25, -0.2) is 9.97 Å². The highest BCUT2D eigenvalue weighted by molar-refractivity contribution is 5.50. The zero-order chi connectivity index (χ0) is 13.8. The Hall–Kier alpha value is -1.32. The highest BCUT2D eigenvalue weighted by Crippen LogP contribution is 2.37. The molecule has 0 amide bonds. The van der Waals surface area contributed by atoms with E-state index in [1.54, 1.807) is 6.33 Å². The summed E-state index contributed by atoms with van der Waals surface area (Å²) in [4.78, 5) is 11.4. The van der Waals surface area contributed by atoms with Crippen LogP contribution >= 0.6 is 0 Å². The Morgan fingerprint density at radius 1 is 1.20 bits per heavy atom. The molecule has 1 aliphatic heterocycles. The minimum Gasteiger partial charge on any atom is -0.370 e. The molecule has 0 spiro atoms. The summed E-state index contributed by atoms with van der Waals surface area (Å²) >= 11 is 0. The lowest BCUT2D eigenvalue weighted by Gasteiger charge is -2.30. The van der Waals surface area contributed by atoms with Crippen LogP contribution in [0.2, 0.25) is 0 Å². The van der Waals surface area contributed by atoms with Gasteiger partial charge in [-0.15, -0.1) is 0 Å². The fourth-order valence-electron chi connectivity index (χ4n) is 3.76. The average molecular weight is 274 g/mol. The molecule has 1 aromatic heterocycles. The zero-order valence-electron chi connectivity index (χ0n) is 12.5. The molecule has 110 valence electrons. The second kappa shape index (κ2) is 6.42. The lowest BCUT2D eigenvalue weighted by atomic mass is 9.96. The molecular weight excluding hydrogens is 248 g/mol. The minimum absolute atomic E-state index is 0.714. The number of hydrogen-bond acceptors (Lipinski definition) is 4. The average Bonchev–Trinajstić information content (AvgIpc) is 3.15. The number of hydrogen-bond donors (Lipinski definition) is 1. The maximum atomic E-state index is 4.53. The predicted octanol–water partition coefficient (Wildman–Crippen LogP) is 3.46. The van der Waals surface area contributed by atoms with Crippen LogP contribution in [0, 0.1) is 5.92 Å². The van der Waals surface area contributed by atoms with Crippen LogP contribution in [0.25, 0.3) is 0 Å². The Morgan fingerprint density at radius 2 is 2.05 bits per heavy atom. The number of rotatable bonds is 5. The third-order valence-electron chi connectivity index (χ3n) is 4.75. The summed E-state index contributed by atoms with van der Waals surface area (Å²) in [5.74, 6) is 2.97. The van der Waals surface area contributed by atoms with Gasteiger partial charge in [0.05, 0.1) is 0 Å². The Morgan fingerprint density at radius 3 is 2.85 bits per heavy atom. The maximum Gasteiger partial charge on any atom is 0.134 e. The molecule has 1 aromatic rings. The molecule has 1 saturated carbocycles. The van der Waals surface area contributed by atoms with Crippen LogP contribution in [0.3, 0.4) is 0 Å². The second-order valence-corrected chi connectivity index (χ2v) is 6.14. The fraction of sp³-hybridized carbons (Fsp3) is 0.750. The van der Waals surface area contributed by atoms with Crippen molar-refractivity contribution in [3.63, 3.8) is 0 Å². The van der Waals surface area contributed by atoms with Crippen molar-refractivity contribution in [2.45, 2.75) is 57.9 Å². The first-order valence-corrected chi connectivity index (χ1v) is 8.21. The van der Waals surface area contributed by atoms with Crippen LogP contribution in [-0.4, -0.2) is 29.1 Å². The van der Waals surface area contributed by atoms with Crippen LogP contribution < -0.4 is 10.2 Å². The fourth-order valence-corrected chi connectivity index (χ4v) is 3.76. The van der Waals surface area contributed by atoms with Crippen LogP contribution in [0.5, 0.6) is 0 Å². The molecule has 0 bridgehead atoms. The van der Waals surface area contributed by atoms with E-state index in [2.05, 4.69) is 33.2 Å². The standard InChI is InChI=1S/C16H26N4/c1-2-9-17-15-11-16(19-12-18-15)20-10-5-8-14(20)13-6-3-4-7-13/h11-14H,2-10H2,1H3,(H,17,18,19). The first kappa shape index (κ1) is 13.7. The lowest BCUT2D eigenvalue weighted by molar-refractivity contribution is 0.429. The van der Waals surface area contributed by atoms with Crippen LogP contribution in [0.4, 0.5) is 11.6 Å². The van der Waals surface area contributed by atoms with Crippen molar-refractivity contribution >= 4 is 11.6 Å². The van der Waals surface area contributed by atoms with Gasteiger partial charge in [-0.3, -0.25) is 0 Å². The van der Waals surface area contributed by atoms with E-state index >= 15 is 0 Å². The van der Waals surface area contributed by atoms with Crippen molar-refractivity contribution in [2.75, 3.05) is 23.3 Å². The molecule has 0 radical (unpaired) electrons. The van der Waals surface area contributed by atoms with E-state index in [9.17, 15) is 0 Å². The van der Waals surface area contributed by atoms with Gasteiger partial charge < -0.3 is 10.2 Å². The van der Waals surface area contributed by atoms with Gasteiger partial charge in [0.15, 0.2) is 0 Å². The quantitative estimate of drug-likeness (QED) is 0.892. The summed E-state index contributed by atoms with van der Waals surface area (Å²) in [6, 6.07) is 2.84. The molecule has 3 rings (SSSR count). The zero-order valence-corrected chi connectivity index (χ0v) is 12.5. The van der Waals surface area contributed by atoms with Gasteiger partial charge in [0, 0.05) is 25.2 Å². The van der Waals surface area contributed by atoms with Crippen molar-refractivity contribution in [2.24, 2.45) is 5.92 Å². The molecule has 1 N–H and O–H groups in total. The highest BCUT2D eigenvalue weighted by atomic mass is 15.2. The minimum atomic E-state index is 0.714. The molecule has 1 atom stereocenters. The highest BCUT2D eigenvalue weighted by Gasteiger charge is 2.34. The van der Waals surface area contributed by atoms with Crippen LogP contribution in [-0.2, 0) is 0 Å². The molecule has 1 aliphatic carbocycles. The molecule has 2 fully saturated rings. The maximum absolute atomic E-state index is 4.53. The van der Waals surface area contributed by atoms with Gasteiger partial charge in [0.25, 0.3) is 0 Å². The van der Waals surface area contributed by atoms with E-state index in [0.29, 0.717) is 6.04 Å². The third kappa shape index (κ3) is 2.89. The molecule has 1 unspecified atom stereocenters. The molecule has 2 aliphatic rings. The van der Waals surface area contributed by atoms with E-state index in [-0.39, 0.29) is 0 Å². The third-order valence-corrected chi connectivity index (χ3v) is 4.75. The van der Waals surface area contributed by atoms with Crippen molar-refractivity contribution in [1.82, 2.24) is 9.97 Å². The predicted molar refractivity (Wildman–Crippen MR) is 83.1 cm³/mol. The van der Waals surface area contributed by atoms with Gasteiger partial charge in [0.2, 0.25) is 0 Å². The number of nitrogens with one attached hydrogen (secondary N) is 1. The molecular formula is C16H26N4. The van der Waals surface area contributed by atoms with Gasteiger partial charge >= 0.3 is 0 Å². The van der Waals surface area contributed by atoms with Crippen molar-refractivity contribution in [1.29, 1.82) is 0 Å². The smallest absolute Gasteiger partial charge is 0.134 e. The van der Waals surface area contributed by atoms with Gasteiger partial charge in [-0.1, -0.05) is 19.8 Å². The molecule has 4 heteroatoms. The SMILES string of the molecule is CCCNc1cc(N2CCCC2C2CCCC2)ncn1. The number of aromatic nitrogens is 2. The lowest BCUT2D eigenvalue weighted by Crippen LogP contribution is -2.35. The Bertz CT molecular complexity index is 428. The van der Waals surface area contributed by atoms with Gasteiger partial charge in [-0.2, -0.15) is 0 Å². The van der Waals surface area contributed by atoms with E-state index in [1.165, 1.54) is 38.5 Å². The monoisotopic (exact) mass is 274 g/mol. The van der Waals surface area contributed by atoms with Crippen LogP contribution in [0.1, 0.15) is 51.9 Å². The van der Waals surface area contributed by atoms with E-state index in [0.717, 1.165) is 37.1 Å². The Kier molecular flexibility index (Phi) is 4.38. The van der Waals surface area contributed by atoms with E-state index < -0.39 is 0 Å². The van der Waals surface area contributed by atoms with Crippen molar-refractivity contribution < 1.29 is 0 Å². The number of anilines is 2. The molecule has 0 aromatic carbocycles. The topological polar surface area (TPSA) is 41.0 Å². The summed E-state index contributed by atoms with van der Waals surface area (Å²) < 4.78 is 0. The van der Waals surface area contributed by atoms with E-state index in [1.807, 2.05) is 0 Å². The Labute approximate surface area is 122 Å². The largest absolute Gasteiger partial charge is 0.370 e. The first-order valence-electron chi connectivity index (χ1n) is 8.21. The summed E-state index contributed by atoms with van der Waals surface area (Å²) in [6.45, 7) is 4.31. The second-order valence-electron chi connectivity index (χ2n) is 6.14. The normalized spacial score (nSPS) is 23.4. The molecule has 4 nitrogen and oxygen atoms in total. The summed E-state index contributed by atoms with van der Waals surface area (Å²) in [6.07, 6.45) is 11.1. The number of nitrogens with zero attached hydrogens (tertiary/aromatic N) is 3. The summed E-state index contributed by atoms with van der Waals surface area (Å²) in [7, 11) is 0. The van der Waals surface area contributed by atoms with Crippen LogP contribution in [0.15, 0.2) is 12.4 Å². The molecule has 2 heterocycles. The van der Waals surface area contributed by atoms with Crippen molar-refractivity contribution in [3.8, 4) is 0 Å². The summed E-state index contributed by atoms with van der Waals surface area (Å²) in [5.41, 5.74) is 0. The Balaban J connectivity index is 1.73.